The Balaban J connectivity index is 2.14. The van der Waals surface area contributed by atoms with Gasteiger partial charge >= 0.3 is 5.97 Å². The molecule has 0 saturated carbocycles. The van der Waals surface area contributed by atoms with Crippen LogP contribution in [0.3, 0.4) is 0 Å². The number of nitrogens with one attached hydrogen (secondary N) is 4. The number of guanidine groups is 1. The fraction of sp³-hybridized carbons (Fsp3) is 0.435. The first kappa shape index (κ1) is 29.5. The molecular weight excluding hydrogens is 500 g/mol. The molecule has 0 aliphatic heterocycles. The van der Waals surface area contributed by atoms with Crippen LogP contribution < -0.4 is 33.2 Å². The molecule has 13 nitrogen and oxygen atoms in total. The number of carbonyl (C=O) groups is 4. The maximum atomic E-state index is 13.2. The first-order valence-corrected chi connectivity index (χ1v) is 12.3. The van der Waals surface area contributed by atoms with E-state index in [9.17, 15) is 19.2 Å². The molecule has 2 aromatic rings. The van der Waals surface area contributed by atoms with E-state index in [-0.39, 0.29) is 24.6 Å². The summed E-state index contributed by atoms with van der Waals surface area (Å²) in [4.78, 5) is 56.5. The van der Waals surface area contributed by atoms with Gasteiger partial charge in [0.2, 0.25) is 17.7 Å². The number of hydrogen-bond acceptors (Lipinski definition) is 7. The SMILES string of the molecule is CC(NC(=O)C(Cc1c[nH]c2ccccc12)NC(=O)C(N)CCCN=C(N)N)C(=O)NC(CS)C(=O)O. The number of thiol groups is 1. The van der Waals surface area contributed by atoms with E-state index in [1.54, 1.807) is 6.20 Å². The molecule has 37 heavy (non-hydrogen) atoms. The number of nitrogens with zero attached hydrogens (tertiary/aromatic N) is 1. The lowest BCUT2D eigenvalue weighted by atomic mass is 10.0. The van der Waals surface area contributed by atoms with Crippen LogP contribution in [0.1, 0.15) is 25.3 Å². The fourth-order valence-corrected chi connectivity index (χ4v) is 3.77. The van der Waals surface area contributed by atoms with E-state index in [0.29, 0.717) is 13.0 Å². The number of para-hydroxylation sites is 1. The predicted octanol–water partition coefficient (Wildman–Crippen LogP) is -1.42. The van der Waals surface area contributed by atoms with E-state index in [2.05, 4.69) is 38.6 Å². The Morgan fingerprint density at radius 3 is 2.38 bits per heavy atom. The minimum absolute atomic E-state index is 0.0595. The van der Waals surface area contributed by atoms with Crippen molar-refractivity contribution < 1.29 is 24.3 Å². The van der Waals surface area contributed by atoms with E-state index < -0.39 is 47.9 Å². The number of aromatic amines is 1. The number of hydrogen-bond donors (Lipinski definition) is 9. The molecule has 0 fully saturated rings. The van der Waals surface area contributed by atoms with E-state index in [0.717, 1.165) is 16.5 Å². The number of carboxylic acids is 1. The molecular formula is C23H34N8O5S. The normalized spacial score (nSPS) is 14.1. The van der Waals surface area contributed by atoms with Crippen LogP contribution in [0, 0.1) is 0 Å². The Kier molecular flexibility index (Phi) is 11.2. The number of nitrogens with two attached hydrogens (primary N) is 3. The third-order valence-corrected chi connectivity index (χ3v) is 5.95. The zero-order valence-electron chi connectivity index (χ0n) is 20.4. The highest BCUT2D eigenvalue weighted by Gasteiger charge is 2.28. The Bertz CT molecular complexity index is 1130. The van der Waals surface area contributed by atoms with Gasteiger partial charge in [0.1, 0.15) is 18.1 Å². The van der Waals surface area contributed by atoms with Crippen LogP contribution in [0.2, 0.25) is 0 Å². The van der Waals surface area contributed by atoms with Gasteiger partial charge < -0.3 is 43.2 Å². The lowest BCUT2D eigenvalue weighted by Gasteiger charge is -2.23. The Hall–Kier alpha value is -3.78. The molecule has 0 radical (unpaired) electrons. The van der Waals surface area contributed by atoms with Crippen molar-refractivity contribution in [3.63, 3.8) is 0 Å². The highest BCUT2D eigenvalue weighted by Crippen LogP contribution is 2.19. The van der Waals surface area contributed by atoms with Crippen LogP contribution in [0.25, 0.3) is 10.9 Å². The summed E-state index contributed by atoms with van der Waals surface area (Å²) >= 11 is 3.91. The highest BCUT2D eigenvalue weighted by molar-refractivity contribution is 7.80. The third kappa shape index (κ3) is 8.99. The first-order valence-electron chi connectivity index (χ1n) is 11.6. The molecule has 3 amide bonds. The molecule has 0 aliphatic rings. The van der Waals surface area contributed by atoms with Gasteiger partial charge in [-0.05, 0) is 31.4 Å². The standard InChI is InChI=1S/C23H34N8O5S/c1-12(19(32)31-18(11-37)22(35)36)29-21(34)17(9-13-10-28-16-7-3-2-5-14(13)16)30-20(33)15(24)6-4-8-27-23(25)26/h2-3,5,7,10,12,15,17-18,28,37H,4,6,8-9,11,24H2,1H3,(H,29,34)(H,30,33)(H,31,32)(H,35,36)(H4,25,26,27). The van der Waals surface area contributed by atoms with E-state index >= 15 is 0 Å². The highest BCUT2D eigenvalue weighted by atomic mass is 32.1. The molecule has 0 bridgehead atoms. The van der Waals surface area contributed by atoms with Crippen molar-refractivity contribution in [2.75, 3.05) is 12.3 Å². The van der Waals surface area contributed by atoms with Gasteiger partial charge in [-0.1, -0.05) is 18.2 Å². The van der Waals surface area contributed by atoms with Crippen molar-refractivity contribution in [3.05, 3.63) is 36.0 Å². The van der Waals surface area contributed by atoms with Crippen molar-refractivity contribution in [1.82, 2.24) is 20.9 Å². The van der Waals surface area contributed by atoms with E-state index in [4.69, 9.17) is 22.3 Å². The zero-order chi connectivity index (χ0) is 27.5. The van der Waals surface area contributed by atoms with Gasteiger partial charge in [-0.15, -0.1) is 0 Å². The lowest BCUT2D eigenvalue weighted by molar-refractivity contribution is -0.141. The third-order valence-electron chi connectivity index (χ3n) is 5.59. The van der Waals surface area contributed by atoms with E-state index in [1.807, 2.05) is 24.3 Å². The lowest BCUT2D eigenvalue weighted by Crippen LogP contribution is -2.57. The smallest absolute Gasteiger partial charge is 0.327 e. The number of fused-ring (bicyclic) bond motifs is 1. The number of carboxylic acid groups (broad SMARTS) is 1. The fourth-order valence-electron chi connectivity index (χ4n) is 3.52. The summed E-state index contributed by atoms with van der Waals surface area (Å²) in [5.41, 5.74) is 18.2. The van der Waals surface area contributed by atoms with Gasteiger partial charge in [-0.25, -0.2) is 4.79 Å². The van der Waals surface area contributed by atoms with Gasteiger partial charge in [0.15, 0.2) is 5.96 Å². The van der Waals surface area contributed by atoms with Crippen molar-refractivity contribution in [2.45, 2.75) is 50.4 Å². The molecule has 11 N–H and O–H groups in total. The number of amides is 3. The second-order valence-corrected chi connectivity index (χ2v) is 8.86. The number of carbonyl (C=O) groups excluding carboxylic acids is 3. The molecule has 0 aliphatic carbocycles. The zero-order valence-corrected chi connectivity index (χ0v) is 21.3. The molecule has 0 spiro atoms. The van der Waals surface area contributed by atoms with Gasteiger partial charge in [-0.3, -0.25) is 19.4 Å². The van der Waals surface area contributed by atoms with Crippen molar-refractivity contribution in [3.8, 4) is 0 Å². The van der Waals surface area contributed by atoms with Crippen LogP contribution in [0.15, 0.2) is 35.5 Å². The van der Waals surface area contributed by atoms with Gasteiger partial charge in [0.25, 0.3) is 0 Å². The number of aromatic nitrogens is 1. The van der Waals surface area contributed by atoms with Crippen molar-refractivity contribution in [1.29, 1.82) is 0 Å². The Labute approximate surface area is 219 Å². The average Bonchev–Trinajstić information content (AvgIpc) is 3.26. The molecule has 4 atom stereocenters. The summed E-state index contributed by atoms with van der Waals surface area (Å²) in [6, 6.07) is 3.21. The second kappa shape index (κ2) is 14.1. The number of H-pyrrole nitrogens is 1. The van der Waals surface area contributed by atoms with Crippen LogP contribution >= 0.6 is 12.6 Å². The molecule has 202 valence electrons. The van der Waals surface area contributed by atoms with Gasteiger partial charge in [-0.2, -0.15) is 12.6 Å². The summed E-state index contributed by atoms with van der Waals surface area (Å²) in [5, 5.41) is 17.5. The number of aliphatic carboxylic acids is 1. The van der Waals surface area contributed by atoms with Crippen molar-refractivity contribution >= 4 is 53.2 Å². The van der Waals surface area contributed by atoms with Gasteiger partial charge in [0.05, 0.1) is 6.04 Å². The molecule has 1 heterocycles. The predicted molar refractivity (Wildman–Crippen MR) is 143 cm³/mol. The summed E-state index contributed by atoms with van der Waals surface area (Å²) in [7, 11) is 0. The van der Waals surface area contributed by atoms with E-state index in [1.165, 1.54) is 6.92 Å². The van der Waals surface area contributed by atoms with Crippen LogP contribution in [0.4, 0.5) is 0 Å². The summed E-state index contributed by atoms with van der Waals surface area (Å²) in [6.07, 6.45) is 2.60. The molecule has 4 unspecified atom stereocenters. The number of aliphatic imine (C=N–C) groups is 1. The monoisotopic (exact) mass is 534 g/mol. The molecule has 0 saturated heterocycles. The van der Waals surface area contributed by atoms with Crippen LogP contribution in [0.5, 0.6) is 0 Å². The minimum atomic E-state index is -1.25. The molecule has 1 aromatic heterocycles. The van der Waals surface area contributed by atoms with Crippen molar-refractivity contribution in [2.24, 2.45) is 22.2 Å². The maximum absolute atomic E-state index is 13.2. The molecule has 2 rings (SSSR count). The number of rotatable bonds is 14. The second-order valence-electron chi connectivity index (χ2n) is 8.49. The average molecular weight is 535 g/mol. The Morgan fingerprint density at radius 2 is 1.73 bits per heavy atom. The summed E-state index contributed by atoms with van der Waals surface area (Å²) < 4.78 is 0. The quantitative estimate of drug-likeness (QED) is 0.0602. The topological polar surface area (TPSA) is 231 Å². The Morgan fingerprint density at radius 1 is 1.05 bits per heavy atom. The van der Waals surface area contributed by atoms with Gasteiger partial charge in [0, 0.05) is 35.8 Å². The first-order chi connectivity index (χ1) is 17.5. The minimum Gasteiger partial charge on any atom is -0.480 e. The maximum Gasteiger partial charge on any atom is 0.327 e. The number of benzene rings is 1. The summed E-state index contributed by atoms with van der Waals surface area (Å²) in [5.74, 6) is -3.32. The molecule has 1 aromatic carbocycles. The summed E-state index contributed by atoms with van der Waals surface area (Å²) in [6.45, 7) is 1.71. The molecule has 14 heteroatoms. The largest absolute Gasteiger partial charge is 0.480 e. The van der Waals surface area contributed by atoms with Crippen LogP contribution in [-0.2, 0) is 25.6 Å². The van der Waals surface area contributed by atoms with Crippen LogP contribution in [-0.4, -0.2) is 76.2 Å².